The Bertz CT molecular complexity index is 266. The summed E-state index contributed by atoms with van der Waals surface area (Å²) in [5.74, 6) is -3.44. The SMILES string of the molecule is NC(=O)[C@@](N)(O)[C@@H](O)[C@H](O)[C@H](O)C(=O)O. The normalized spacial score (nSPS) is 21.1. The lowest BCUT2D eigenvalue weighted by Crippen LogP contribution is -2.65. The largest absolute Gasteiger partial charge is 0.479 e. The van der Waals surface area contributed by atoms with E-state index in [1.54, 1.807) is 0 Å². The fourth-order valence-corrected chi connectivity index (χ4v) is 0.725. The molecule has 9 N–H and O–H groups in total. The van der Waals surface area contributed by atoms with Gasteiger partial charge in [-0.3, -0.25) is 10.5 Å². The van der Waals surface area contributed by atoms with E-state index in [0.717, 1.165) is 0 Å². The number of nitrogens with two attached hydrogens (primary N) is 2. The van der Waals surface area contributed by atoms with Crippen LogP contribution in [0.2, 0.25) is 0 Å². The Morgan fingerprint density at radius 3 is 1.87 bits per heavy atom. The van der Waals surface area contributed by atoms with E-state index in [2.05, 4.69) is 5.73 Å². The Balaban J connectivity index is 4.78. The average molecular weight is 224 g/mol. The van der Waals surface area contributed by atoms with E-state index >= 15 is 0 Å². The average Bonchev–Trinajstić information content (AvgIpc) is 2.13. The third kappa shape index (κ3) is 2.84. The summed E-state index contributed by atoms with van der Waals surface area (Å²) >= 11 is 0. The Kier molecular flexibility index (Phi) is 4.13. The molecule has 0 radical (unpaired) electrons. The summed E-state index contributed by atoms with van der Waals surface area (Å²) in [6.45, 7) is 0. The van der Waals surface area contributed by atoms with Crippen LogP contribution in [0.25, 0.3) is 0 Å². The molecule has 9 heteroatoms. The number of aliphatic carboxylic acids is 1. The highest BCUT2D eigenvalue weighted by Gasteiger charge is 2.45. The Morgan fingerprint density at radius 1 is 1.20 bits per heavy atom. The molecule has 88 valence electrons. The number of carboxylic acids is 1. The van der Waals surface area contributed by atoms with Crippen LogP contribution in [0.3, 0.4) is 0 Å². The summed E-state index contributed by atoms with van der Waals surface area (Å²) in [6.07, 6.45) is -7.19. The molecule has 0 aliphatic heterocycles. The van der Waals surface area contributed by atoms with Crippen LogP contribution in [0.1, 0.15) is 0 Å². The van der Waals surface area contributed by atoms with Gasteiger partial charge in [-0.2, -0.15) is 0 Å². The van der Waals surface area contributed by atoms with E-state index in [-0.39, 0.29) is 0 Å². The van der Waals surface area contributed by atoms with Gasteiger partial charge in [-0.25, -0.2) is 4.79 Å². The van der Waals surface area contributed by atoms with Gasteiger partial charge in [0, 0.05) is 0 Å². The lowest BCUT2D eigenvalue weighted by Gasteiger charge is -2.29. The van der Waals surface area contributed by atoms with Gasteiger partial charge in [0.05, 0.1) is 0 Å². The van der Waals surface area contributed by atoms with Gasteiger partial charge < -0.3 is 31.3 Å². The molecule has 0 aromatic carbocycles. The van der Waals surface area contributed by atoms with Crippen LogP contribution in [-0.2, 0) is 9.59 Å². The zero-order valence-corrected chi connectivity index (χ0v) is 7.44. The molecule has 0 spiro atoms. The van der Waals surface area contributed by atoms with Crippen LogP contribution in [-0.4, -0.2) is 61.4 Å². The molecular formula is C6H12N2O7. The van der Waals surface area contributed by atoms with Crippen LogP contribution >= 0.6 is 0 Å². The second kappa shape index (κ2) is 4.51. The topological polar surface area (TPSA) is 187 Å². The van der Waals surface area contributed by atoms with Crippen LogP contribution in [0.5, 0.6) is 0 Å². The van der Waals surface area contributed by atoms with Gasteiger partial charge in [0.2, 0.25) is 5.72 Å². The van der Waals surface area contributed by atoms with Crippen molar-refractivity contribution in [1.29, 1.82) is 0 Å². The third-order valence-electron chi connectivity index (χ3n) is 1.75. The summed E-state index contributed by atoms with van der Waals surface area (Å²) in [7, 11) is 0. The van der Waals surface area contributed by atoms with Gasteiger partial charge >= 0.3 is 5.97 Å². The number of amides is 1. The fraction of sp³-hybridized carbons (Fsp3) is 0.667. The summed E-state index contributed by atoms with van der Waals surface area (Å²) < 4.78 is 0. The molecule has 0 unspecified atom stereocenters. The van der Waals surface area contributed by atoms with Crippen molar-refractivity contribution in [2.75, 3.05) is 0 Å². The van der Waals surface area contributed by atoms with Gasteiger partial charge in [-0.1, -0.05) is 0 Å². The smallest absolute Gasteiger partial charge is 0.335 e. The molecule has 0 aliphatic carbocycles. The molecule has 0 bridgehead atoms. The van der Waals surface area contributed by atoms with Crippen molar-refractivity contribution in [3.05, 3.63) is 0 Å². The number of hydrogen-bond acceptors (Lipinski definition) is 7. The molecule has 15 heavy (non-hydrogen) atoms. The quantitative estimate of drug-likeness (QED) is 0.227. The van der Waals surface area contributed by atoms with Crippen molar-refractivity contribution in [2.45, 2.75) is 24.0 Å². The number of rotatable bonds is 5. The summed E-state index contributed by atoms with van der Waals surface area (Å²) in [6, 6.07) is 0. The first-order valence-corrected chi connectivity index (χ1v) is 3.70. The van der Waals surface area contributed by atoms with E-state index in [4.69, 9.17) is 31.3 Å². The minimum Gasteiger partial charge on any atom is -0.479 e. The number of hydrogen-bond donors (Lipinski definition) is 7. The minimum atomic E-state index is -3.03. The summed E-state index contributed by atoms with van der Waals surface area (Å²) in [5, 5.41) is 44.2. The maximum atomic E-state index is 10.5. The monoisotopic (exact) mass is 224 g/mol. The van der Waals surface area contributed by atoms with E-state index in [1.807, 2.05) is 0 Å². The van der Waals surface area contributed by atoms with Gasteiger partial charge in [0.15, 0.2) is 6.10 Å². The first kappa shape index (κ1) is 13.7. The number of aliphatic hydroxyl groups excluding tert-OH is 3. The number of carbonyl (C=O) groups excluding carboxylic acids is 1. The van der Waals surface area contributed by atoms with Gasteiger partial charge in [-0.15, -0.1) is 0 Å². The van der Waals surface area contributed by atoms with E-state index < -0.39 is 35.9 Å². The molecule has 0 heterocycles. The molecule has 0 rings (SSSR count). The number of primary amides is 1. The highest BCUT2D eigenvalue weighted by molar-refractivity contribution is 5.83. The fourth-order valence-electron chi connectivity index (χ4n) is 0.725. The summed E-state index contributed by atoms with van der Waals surface area (Å²) in [4.78, 5) is 20.7. The molecule has 9 nitrogen and oxygen atoms in total. The van der Waals surface area contributed by atoms with Crippen LogP contribution < -0.4 is 11.5 Å². The Hall–Kier alpha value is -1.26. The predicted octanol–water partition coefficient (Wildman–Crippen LogP) is -4.71. The third-order valence-corrected chi connectivity index (χ3v) is 1.75. The molecule has 0 fully saturated rings. The van der Waals surface area contributed by atoms with Crippen LogP contribution in [0, 0.1) is 0 Å². The van der Waals surface area contributed by atoms with E-state index in [0.29, 0.717) is 0 Å². The maximum Gasteiger partial charge on any atom is 0.335 e. The second-order valence-corrected chi connectivity index (χ2v) is 2.91. The van der Waals surface area contributed by atoms with Gasteiger partial charge in [0.25, 0.3) is 5.91 Å². The predicted molar refractivity (Wildman–Crippen MR) is 44.0 cm³/mol. The van der Waals surface area contributed by atoms with E-state index in [1.165, 1.54) is 0 Å². The lowest BCUT2D eigenvalue weighted by molar-refractivity contribution is -0.180. The minimum absolute atomic E-state index is 1.58. The Morgan fingerprint density at radius 2 is 1.60 bits per heavy atom. The van der Waals surface area contributed by atoms with Crippen molar-refractivity contribution in [3.8, 4) is 0 Å². The highest BCUT2D eigenvalue weighted by atomic mass is 16.4. The summed E-state index contributed by atoms with van der Waals surface area (Å²) in [5.41, 5.74) is 6.35. The van der Waals surface area contributed by atoms with Crippen LogP contribution in [0.4, 0.5) is 0 Å². The molecule has 1 amide bonds. The van der Waals surface area contributed by atoms with Crippen molar-refractivity contribution < 1.29 is 35.1 Å². The van der Waals surface area contributed by atoms with E-state index in [9.17, 15) is 9.59 Å². The molecular weight excluding hydrogens is 212 g/mol. The number of aliphatic hydroxyl groups is 4. The molecule has 0 aromatic rings. The Labute approximate surface area is 83.5 Å². The van der Waals surface area contributed by atoms with Gasteiger partial charge in [-0.05, 0) is 0 Å². The first-order valence-electron chi connectivity index (χ1n) is 3.70. The molecule has 0 saturated heterocycles. The van der Waals surface area contributed by atoms with Crippen LogP contribution in [0.15, 0.2) is 0 Å². The number of carboxylic acid groups (broad SMARTS) is 1. The lowest BCUT2D eigenvalue weighted by atomic mass is 9.98. The number of carbonyl (C=O) groups is 2. The highest BCUT2D eigenvalue weighted by Crippen LogP contribution is 2.10. The maximum absolute atomic E-state index is 10.5. The van der Waals surface area contributed by atoms with Crippen molar-refractivity contribution in [1.82, 2.24) is 0 Å². The zero-order valence-electron chi connectivity index (χ0n) is 7.44. The first-order chi connectivity index (χ1) is 6.62. The molecule has 4 atom stereocenters. The molecule has 0 aliphatic rings. The van der Waals surface area contributed by atoms with Crippen molar-refractivity contribution in [2.24, 2.45) is 11.5 Å². The van der Waals surface area contributed by atoms with Crippen molar-refractivity contribution in [3.63, 3.8) is 0 Å². The molecule has 0 aromatic heterocycles. The van der Waals surface area contributed by atoms with Gasteiger partial charge in [0.1, 0.15) is 12.2 Å². The zero-order chi connectivity index (χ0) is 12.4. The standard InChI is InChI=1S/C6H12N2O7/c7-5(14)6(8,15)3(11)1(9)2(10)4(12)13/h1-3,9-11,15H,8H2,(H2,7,14)(H,12,13)/t1-,2+,3+,6+/m1/s1. The van der Waals surface area contributed by atoms with Crippen molar-refractivity contribution >= 4 is 11.9 Å². The second-order valence-electron chi connectivity index (χ2n) is 2.91. The molecule has 0 saturated carbocycles.